The lowest BCUT2D eigenvalue weighted by atomic mass is 10.2. The van der Waals surface area contributed by atoms with Crippen molar-refractivity contribution in [1.82, 2.24) is 9.78 Å². The number of nitrogens with one attached hydrogen (secondary N) is 1. The lowest BCUT2D eigenvalue weighted by molar-refractivity contribution is 0.0596. The molecule has 162 valence electrons. The largest absolute Gasteiger partial charge is 0.494 e. The molecule has 3 N–H and O–H groups in total. The summed E-state index contributed by atoms with van der Waals surface area (Å²) in [7, 11) is 2.92. The van der Waals surface area contributed by atoms with Crippen LogP contribution in [0.1, 0.15) is 28.5 Å². The van der Waals surface area contributed by atoms with Crippen LogP contribution in [0.2, 0.25) is 0 Å². The average Bonchev–Trinajstić information content (AvgIpc) is 3.17. The van der Waals surface area contributed by atoms with E-state index in [0.29, 0.717) is 34.9 Å². The first-order valence-electron chi connectivity index (χ1n) is 9.60. The van der Waals surface area contributed by atoms with E-state index in [0.717, 1.165) is 11.4 Å². The van der Waals surface area contributed by atoms with E-state index in [4.69, 9.17) is 37.3 Å². The Bertz CT molecular complexity index is 1100. The zero-order valence-corrected chi connectivity index (χ0v) is 18.4. The summed E-state index contributed by atoms with van der Waals surface area (Å²) in [5.74, 6) is 1.12. The third-order valence-electron chi connectivity index (χ3n) is 4.61. The highest BCUT2D eigenvalue weighted by atomic mass is 32.1. The molecule has 0 saturated heterocycles. The third-order valence-corrected chi connectivity index (χ3v) is 4.82. The van der Waals surface area contributed by atoms with Crippen LogP contribution in [0, 0.1) is 0 Å². The number of carbonyl (C=O) groups excluding carboxylic acids is 1. The van der Waals surface area contributed by atoms with Crippen molar-refractivity contribution in [3.8, 4) is 17.2 Å². The summed E-state index contributed by atoms with van der Waals surface area (Å²) in [5, 5.41) is 7.89. The fourth-order valence-electron chi connectivity index (χ4n) is 3.17. The molecule has 0 fully saturated rings. The minimum Gasteiger partial charge on any atom is -0.494 e. The highest BCUT2D eigenvalue weighted by Crippen LogP contribution is 2.30. The molecule has 1 heterocycles. The van der Waals surface area contributed by atoms with Crippen LogP contribution in [0.15, 0.2) is 48.5 Å². The van der Waals surface area contributed by atoms with Gasteiger partial charge in [-0.1, -0.05) is 43.4 Å². The predicted molar refractivity (Wildman–Crippen MR) is 122 cm³/mol. The molecule has 2 aromatic carbocycles. The summed E-state index contributed by atoms with van der Waals surface area (Å²) in [5.41, 5.74) is 8.45. The predicted octanol–water partition coefficient (Wildman–Crippen LogP) is 3.31. The van der Waals surface area contributed by atoms with Crippen LogP contribution in [0.25, 0.3) is 5.69 Å². The van der Waals surface area contributed by atoms with Gasteiger partial charge in [0.05, 0.1) is 25.5 Å². The number of aromatic nitrogens is 2. The third kappa shape index (κ3) is 4.61. The highest BCUT2D eigenvalue weighted by molar-refractivity contribution is 7.80. The van der Waals surface area contributed by atoms with Gasteiger partial charge in [-0.3, -0.25) is 0 Å². The molecule has 0 aliphatic heterocycles. The SMILES string of the molecule is CCc1nn(-c2ccccc2OC)c(NCOc2ccccc2C(=O)OC)c1C(N)=S. The number of rotatable bonds is 9. The molecule has 0 bridgehead atoms. The number of ether oxygens (including phenoxy) is 3. The van der Waals surface area contributed by atoms with Crippen LogP contribution in [0.3, 0.4) is 0 Å². The van der Waals surface area contributed by atoms with Gasteiger partial charge in [-0.15, -0.1) is 0 Å². The van der Waals surface area contributed by atoms with Gasteiger partial charge < -0.3 is 25.3 Å². The Labute approximate surface area is 185 Å². The number of methoxy groups -OCH3 is 2. The summed E-state index contributed by atoms with van der Waals surface area (Å²) < 4.78 is 17.8. The van der Waals surface area contributed by atoms with Crippen molar-refractivity contribution in [2.75, 3.05) is 26.3 Å². The number of aryl methyl sites for hydroxylation is 1. The van der Waals surface area contributed by atoms with Crippen LogP contribution in [-0.4, -0.2) is 41.7 Å². The first-order chi connectivity index (χ1) is 15.0. The fourth-order valence-corrected chi connectivity index (χ4v) is 3.38. The van der Waals surface area contributed by atoms with Gasteiger partial charge in [0.25, 0.3) is 0 Å². The molecule has 0 unspecified atom stereocenters. The molecule has 0 aliphatic carbocycles. The average molecular weight is 441 g/mol. The minimum absolute atomic E-state index is 0.0353. The number of carbonyl (C=O) groups is 1. The minimum atomic E-state index is -0.480. The van der Waals surface area contributed by atoms with Gasteiger partial charge in [-0.05, 0) is 30.7 Å². The van der Waals surface area contributed by atoms with E-state index < -0.39 is 5.97 Å². The number of esters is 1. The van der Waals surface area contributed by atoms with E-state index in [1.165, 1.54) is 7.11 Å². The first-order valence-corrected chi connectivity index (χ1v) is 10.0. The summed E-state index contributed by atoms with van der Waals surface area (Å²) >= 11 is 5.29. The zero-order chi connectivity index (χ0) is 22.4. The number of hydrogen-bond donors (Lipinski definition) is 2. The lowest BCUT2D eigenvalue weighted by Gasteiger charge is -2.15. The number of nitrogens with two attached hydrogens (primary N) is 1. The van der Waals surface area contributed by atoms with Gasteiger partial charge >= 0.3 is 5.97 Å². The monoisotopic (exact) mass is 440 g/mol. The molecule has 3 rings (SSSR count). The molecule has 0 atom stereocenters. The quantitative estimate of drug-likeness (QED) is 0.297. The summed E-state index contributed by atoms with van der Waals surface area (Å²) in [6.07, 6.45) is 0.634. The van der Waals surface area contributed by atoms with Gasteiger partial charge in [0, 0.05) is 0 Å². The first kappa shape index (κ1) is 22.1. The zero-order valence-electron chi connectivity index (χ0n) is 17.5. The molecule has 0 radical (unpaired) electrons. The van der Waals surface area contributed by atoms with E-state index in [9.17, 15) is 4.79 Å². The Hall–Kier alpha value is -3.59. The van der Waals surface area contributed by atoms with Crippen LogP contribution in [0.5, 0.6) is 11.5 Å². The number of thiocarbonyl (C=S) groups is 1. The molecular weight excluding hydrogens is 416 g/mol. The molecule has 8 nitrogen and oxygen atoms in total. The number of nitrogens with zero attached hydrogens (tertiary/aromatic N) is 2. The summed E-state index contributed by atoms with van der Waals surface area (Å²) in [4.78, 5) is 12.2. The fraction of sp³-hybridized carbons (Fsp3) is 0.227. The van der Waals surface area contributed by atoms with E-state index in [2.05, 4.69) is 5.32 Å². The van der Waals surface area contributed by atoms with Gasteiger partial charge in [-0.25, -0.2) is 9.48 Å². The Morgan fingerprint density at radius 1 is 1.13 bits per heavy atom. The van der Waals surface area contributed by atoms with Gasteiger partial charge in [-0.2, -0.15) is 5.10 Å². The topological polar surface area (TPSA) is 101 Å². The number of benzene rings is 2. The Kier molecular flexibility index (Phi) is 7.09. The van der Waals surface area contributed by atoms with E-state index in [1.54, 1.807) is 36.1 Å². The standard InChI is InChI=1S/C22H24N4O4S/c1-4-15-19(20(23)31)21(26(25-15)16-10-6-8-12-18(16)28-2)24-13-30-17-11-7-5-9-14(17)22(27)29-3/h5-12,24H,4,13H2,1-3H3,(H2,23,31). The van der Waals surface area contributed by atoms with Crippen molar-refractivity contribution in [2.45, 2.75) is 13.3 Å². The normalized spacial score (nSPS) is 10.4. The summed E-state index contributed by atoms with van der Waals surface area (Å²) in [6.45, 7) is 2.01. The van der Waals surface area contributed by atoms with Crippen molar-refractivity contribution in [1.29, 1.82) is 0 Å². The molecule has 0 spiro atoms. The van der Waals surface area contributed by atoms with Crippen molar-refractivity contribution < 1.29 is 19.0 Å². The second-order valence-electron chi connectivity index (χ2n) is 6.42. The molecule has 0 saturated carbocycles. The molecule has 3 aromatic rings. The van der Waals surface area contributed by atoms with Crippen molar-refractivity contribution in [3.05, 3.63) is 65.4 Å². The molecular formula is C22H24N4O4S. The van der Waals surface area contributed by atoms with Gasteiger partial charge in [0.1, 0.15) is 33.6 Å². The maximum absolute atomic E-state index is 12.0. The maximum Gasteiger partial charge on any atom is 0.341 e. The van der Waals surface area contributed by atoms with E-state index >= 15 is 0 Å². The van der Waals surface area contributed by atoms with E-state index in [-0.39, 0.29) is 11.7 Å². The van der Waals surface area contributed by atoms with Gasteiger partial charge in [0.15, 0.2) is 6.73 Å². The second kappa shape index (κ2) is 9.94. The van der Waals surface area contributed by atoms with Crippen LogP contribution < -0.4 is 20.5 Å². The highest BCUT2D eigenvalue weighted by Gasteiger charge is 2.22. The number of para-hydroxylation sites is 3. The number of anilines is 1. The molecule has 0 aliphatic rings. The number of hydrogen-bond acceptors (Lipinski definition) is 7. The van der Waals surface area contributed by atoms with Crippen molar-refractivity contribution in [3.63, 3.8) is 0 Å². The van der Waals surface area contributed by atoms with Crippen LogP contribution >= 0.6 is 12.2 Å². The van der Waals surface area contributed by atoms with E-state index in [1.807, 2.05) is 31.2 Å². The lowest BCUT2D eigenvalue weighted by Crippen LogP contribution is -2.18. The summed E-state index contributed by atoms with van der Waals surface area (Å²) in [6, 6.07) is 14.3. The van der Waals surface area contributed by atoms with Gasteiger partial charge in [0.2, 0.25) is 0 Å². The van der Waals surface area contributed by atoms with Crippen molar-refractivity contribution >= 4 is 29.0 Å². The second-order valence-corrected chi connectivity index (χ2v) is 6.86. The smallest absolute Gasteiger partial charge is 0.341 e. The Morgan fingerprint density at radius 2 is 1.81 bits per heavy atom. The molecule has 1 aromatic heterocycles. The molecule has 31 heavy (non-hydrogen) atoms. The Balaban J connectivity index is 1.96. The van der Waals surface area contributed by atoms with Crippen LogP contribution in [-0.2, 0) is 11.2 Å². The van der Waals surface area contributed by atoms with Crippen LogP contribution in [0.4, 0.5) is 5.82 Å². The molecule has 0 amide bonds. The van der Waals surface area contributed by atoms with Crippen molar-refractivity contribution in [2.24, 2.45) is 5.73 Å². The molecule has 9 heteroatoms. The Morgan fingerprint density at radius 3 is 2.45 bits per heavy atom. The maximum atomic E-state index is 12.0.